The highest BCUT2D eigenvalue weighted by molar-refractivity contribution is 5.69. The van der Waals surface area contributed by atoms with Gasteiger partial charge in [-0.1, -0.05) is 0 Å². The third-order valence-electron chi connectivity index (χ3n) is 3.87. The van der Waals surface area contributed by atoms with Crippen molar-refractivity contribution in [2.75, 3.05) is 46.4 Å². The second kappa shape index (κ2) is 5.80. The summed E-state index contributed by atoms with van der Waals surface area (Å²) in [6, 6.07) is 0.999. The molecule has 0 aliphatic carbocycles. The van der Waals surface area contributed by atoms with E-state index in [-0.39, 0.29) is 5.97 Å². The first-order valence-electron chi connectivity index (χ1n) is 6.46. The van der Waals surface area contributed by atoms with E-state index in [2.05, 4.69) is 22.0 Å². The molecule has 0 radical (unpaired) electrons. The standard InChI is InChI=1S/C12H23N3O2/c1-10(7-12(16)17-2)15-8-11(9-15)14-5-3-13-4-6-14/h10-11,13H,3-9H2,1-2H3. The SMILES string of the molecule is COC(=O)CC(C)N1CC(N2CCNCC2)C1. The van der Waals surface area contributed by atoms with Gasteiger partial charge in [0.25, 0.3) is 0 Å². The zero-order chi connectivity index (χ0) is 12.3. The van der Waals surface area contributed by atoms with E-state index in [9.17, 15) is 4.79 Å². The molecule has 2 aliphatic rings. The van der Waals surface area contributed by atoms with Crippen molar-refractivity contribution >= 4 is 5.97 Å². The van der Waals surface area contributed by atoms with E-state index in [1.165, 1.54) is 7.11 Å². The van der Waals surface area contributed by atoms with Crippen molar-refractivity contribution in [2.45, 2.75) is 25.4 Å². The Morgan fingerprint density at radius 2 is 2.06 bits per heavy atom. The first-order chi connectivity index (χ1) is 8.20. The number of methoxy groups -OCH3 is 1. The molecule has 2 aliphatic heterocycles. The number of hydrogen-bond acceptors (Lipinski definition) is 5. The number of ether oxygens (including phenoxy) is 1. The molecule has 2 saturated heterocycles. The zero-order valence-electron chi connectivity index (χ0n) is 10.8. The molecule has 1 unspecified atom stereocenters. The molecule has 0 aromatic rings. The van der Waals surface area contributed by atoms with E-state index >= 15 is 0 Å². The zero-order valence-corrected chi connectivity index (χ0v) is 10.8. The molecule has 5 nitrogen and oxygen atoms in total. The lowest BCUT2D eigenvalue weighted by Gasteiger charge is -2.49. The van der Waals surface area contributed by atoms with Crippen LogP contribution in [0.3, 0.4) is 0 Å². The number of nitrogens with one attached hydrogen (secondary N) is 1. The molecular formula is C12H23N3O2. The average molecular weight is 241 g/mol. The van der Waals surface area contributed by atoms with Gasteiger partial charge in [-0.15, -0.1) is 0 Å². The summed E-state index contributed by atoms with van der Waals surface area (Å²) in [5, 5.41) is 3.37. The van der Waals surface area contributed by atoms with E-state index in [0.29, 0.717) is 18.5 Å². The molecule has 0 aromatic heterocycles. The van der Waals surface area contributed by atoms with Crippen molar-refractivity contribution in [3.63, 3.8) is 0 Å². The summed E-state index contributed by atoms with van der Waals surface area (Å²) >= 11 is 0. The topological polar surface area (TPSA) is 44.8 Å². The predicted molar refractivity (Wildman–Crippen MR) is 65.9 cm³/mol. The Morgan fingerprint density at radius 1 is 1.41 bits per heavy atom. The molecule has 17 heavy (non-hydrogen) atoms. The van der Waals surface area contributed by atoms with Gasteiger partial charge in [-0.2, -0.15) is 0 Å². The Kier molecular flexibility index (Phi) is 4.36. The highest BCUT2D eigenvalue weighted by Gasteiger charge is 2.35. The minimum Gasteiger partial charge on any atom is -0.469 e. The molecule has 0 bridgehead atoms. The van der Waals surface area contributed by atoms with Gasteiger partial charge in [0.05, 0.1) is 13.5 Å². The Bertz CT molecular complexity index is 260. The van der Waals surface area contributed by atoms with Crippen LogP contribution in [0.4, 0.5) is 0 Å². The monoisotopic (exact) mass is 241 g/mol. The summed E-state index contributed by atoms with van der Waals surface area (Å²) in [6.45, 7) is 8.82. The number of carbonyl (C=O) groups excluding carboxylic acids is 1. The second-order valence-corrected chi connectivity index (χ2v) is 5.02. The largest absolute Gasteiger partial charge is 0.469 e. The molecule has 0 saturated carbocycles. The van der Waals surface area contributed by atoms with Gasteiger partial charge in [0, 0.05) is 51.4 Å². The predicted octanol–water partition coefficient (Wildman–Crippen LogP) is -0.473. The molecule has 2 heterocycles. The van der Waals surface area contributed by atoms with E-state index in [1.807, 2.05) is 0 Å². The third kappa shape index (κ3) is 3.18. The molecule has 0 aromatic carbocycles. The summed E-state index contributed by atoms with van der Waals surface area (Å²) in [4.78, 5) is 16.1. The van der Waals surface area contributed by atoms with Crippen molar-refractivity contribution < 1.29 is 9.53 Å². The number of piperazine rings is 1. The second-order valence-electron chi connectivity index (χ2n) is 5.02. The van der Waals surface area contributed by atoms with Crippen LogP contribution < -0.4 is 5.32 Å². The maximum absolute atomic E-state index is 11.2. The van der Waals surface area contributed by atoms with Gasteiger partial charge in [0.2, 0.25) is 0 Å². The summed E-state index contributed by atoms with van der Waals surface area (Å²) < 4.78 is 4.70. The van der Waals surface area contributed by atoms with Gasteiger partial charge >= 0.3 is 5.97 Å². The first-order valence-corrected chi connectivity index (χ1v) is 6.46. The highest BCUT2D eigenvalue weighted by atomic mass is 16.5. The number of esters is 1. The van der Waals surface area contributed by atoms with Crippen LogP contribution >= 0.6 is 0 Å². The molecule has 2 fully saturated rings. The minimum absolute atomic E-state index is 0.108. The summed E-state index contributed by atoms with van der Waals surface area (Å²) in [7, 11) is 1.45. The van der Waals surface area contributed by atoms with Gasteiger partial charge in [0.15, 0.2) is 0 Å². The first kappa shape index (κ1) is 12.8. The molecule has 0 amide bonds. The molecule has 5 heteroatoms. The molecule has 2 rings (SSSR count). The van der Waals surface area contributed by atoms with Crippen LogP contribution in [-0.2, 0) is 9.53 Å². The van der Waals surface area contributed by atoms with E-state index in [1.54, 1.807) is 0 Å². The van der Waals surface area contributed by atoms with E-state index in [4.69, 9.17) is 4.74 Å². The third-order valence-corrected chi connectivity index (χ3v) is 3.87. The van der Waals surface area contributed by atoms with Crippen LogP contribution in [-0.4, -0.2) is 74.2 Å². The smallest absolute Gasteiger partial charge is 0.307 e. The number of hydrogen-bond donors (Lipinski definition) is 1. The van der Waals surface area contributed by atoms with E-state index < -0.39 is 0 Å². The summed E-state index contributed by atoms with van der Waals surface area (Å²) in [5.41, 5.74) is 0. The van der Waals surface area contributed by atoms with Crippen LogP contribution in [0.25, 0.3) is 0 Å². The fourth-order valence-electron chi connectivity index (χ4n) is 2.58. The summed E-state index contributed by atoms with van der Waals surface area (Å²) in [5.74, 6) is -0.108. The van der Waals surface area contributed by atoms with Crippen LogP contribution in [0.5, 0.6) is 0 Å². The van der Waals surface area contributed by atoms with Crippen LogP contribution in [0, 0.1) is 0 Å². The maximum atomic E-state index is 11.2. The molecule has 0 spiro atoms. The van der Waals surface area contributed by atoms with Gasteiger partial charge in [-0.3, -0.25) is 14.6 Å². The fourth-order valence-corrected chi connectivity index (χ4v) is 2.58. The van der Waals surface area contributed by atoms with Gasteiger partial charge < -0.3 is 10.1 Å². The number of nitrogens with zero attached hydrogens (tertiary/aromatic N) is 2. The Labute approximate surface area is 103 Å². The molecule has 98 valence electrons. The Morgan fingerprint density at radius 3 is 2.65 bits per heavy atom. The lowest BCUT2D eigenvalue weighted by Crippen LogP contribution is -2.64. The Hall–Kier alpha value is -0.650. The highest BCUT2D eigenvalue weighted by Crippen LogP contribution is 2.19. The van der Waals surface area contributed by atoms with Gasteiger partial charge in [-0.25, -0.2) is 0 Å². The lowest BCUT2D eigenvalue weighted by molar-refractivity contribution is -0.142. The minimum atomic E-state index is -0.108. The van der Waals surface area contributed by atoms with Crippen molar-refractivity contribution in [1.29, 1.82) is 0 Å². The lowest BCUT2D eigenvalue weighted by atomic mass is 10.0. The number of carbonyl (C=O) groups is 1. The van der Waals surface area contributed by atoms with Crippen molar-refractivity contribution in [3.8, 4) is 0 Å². The van der Waals surface area contributed by atoms with Crippen molar-refractivity contribution in [1.82, 2.24) is 15.1 Å². The molecule has 1 atom stereocenters. The van der Waals surface area contributed by atoms with Gasteiger partial charge in [-0.05, 0) is 6.92 Å². The number of likely N-dealkylation sites (tertiary alicyclic amines) is 1. The fraction of sp³-hybridized carbons (Fsp3) is 0.917. The maximum Gasteiger partial charge on any atom is 0.307 e. The van der Waals surface area contributed by atoms with Crippen molar-refractivity contribution in [2.24, 2.45) is 0 Å². The van der Waals surface area contributed by atoms with Crippen molar-refractivity contribution in [3.05, 3.63) is 0 Å². The normalized spacial score (nSPS) is 25.3. The molecular weight excluding hydrogens is 218 g/mol. The average Bonchev–Trinajstić information content (AvgIpc) is 2.28. The van der Waals surface area contributed by atoms with Crippen LogP contribution in [0.2, 0.25) is 0 Å². The van der Waals surface area contributed by atoms with Gasteiger partial charge in [0.1, 0.15) is 0 Å². The van der Waals surface area contributed by atoms with Crippen LogP contribution in [0.1, 0.15) is 13.3 Å². The number of rotatable bonds is 4. The quantitative estimate of drug-likeness (QED) is 0.674. The summed E-state index contributed by atoms with van der Waals surface area (Å²) in [6.07, 6.45) is 0.505. The molecule has 1 N–H and O–H groups in total. The van der Waals surface area contributed by atoms with Crippen LogP contribution in [0.15, 0.2) is 0 Å². The Balaban J connectivity index is 1.68. The van der Waals surface area contributed by atoms with E-state index in [0.717, 1.165) is 39.3 Å².